The summed E-state index contributed by atoms with van der Waals surface area (Å²) >= 11 is 8.19. The Morgan fingerprint density at radius 2 is 2.25 bits per heavy atom. The molecule has 0 aromatic heterocycles. The second kappa shape index (κ2) is 5.97. The van der Waals surface area contributed by atoms with Crippen molar-refractivity contribution in [2.75, 3.05) is 7.11 Å². The number of benzene rings is 1. The van der Waals surface area contributed by atoms with Gasteiger partial charge in [-0.05, 0) is 52.8 Å². The molecular weight excluding hydrogens is 347 g/mol. The van der Waals surface area contributed by atoms with Gasteiger partial charge in [-0.1, -0.05) is 6.07 Å². The number of esters is 1. The van der Waals surface area contributed by atoms with Crippen LogP contribution in [0.2, 0.25) is 0 Å². The molecule has 2 atom stereocenters. The lowest BCUT2D eigenvalue weighted by Gasteiger charge is -2.30. The van der Waals surface area contributed by atoms with Crippen LogP contribution >= 0.6 is 28.1 Å². The molecule has 0 aliphatic carbocycles. The van der Waals surface area contributed by atoms with E-state index in [4.69, 9.17) is 17.0 Å². The van der Waals surface area contributed by atoms with Crippen molar-refractivity contribution in [3.8, 4) is 0 Å². The van der Waals surface area contributed by atoms with E-state index in [-0.39, 0.29) is 5.82 Å². The van der Waals surface area contributed by atoms with Gasteiger partial charge in [-0.2, -0.15) is 0 Å². The Balaban J connectivity index is 2.45. The van der Waals surface area contributed by atoms with Gasteiger partial charge in [0.15, 0.2) is 5.11 Å². The molecule has 0 radical (unpaired) electrons. The maximum atomic E-state index is 13.3. The zero-order chi connectivity index (χ0) is 14.9. The Labute approximate surface area is 129 Å². The number of carbonyl (C=O) groups excluding carboxylic acids is 1. The number of halogens is 2. The number of hydrogen-bond acceptors (Lipinski definition) is 3. The summed E-state index contributed by atoms with van der Waals surface area (Å²) in [6, 6.07) is 4.13. The van der Waals surface area contributed by atoms with Gasteiger partial charge in [0.2, 0.25) is 0 Å². The minimum absolute atomic E-state index is 0.299. The summed E-state index contributed by atoms with van der Waals surface area (Å²) in [6.45, 7) is 1.72. The lowest BCUT2D eigenvalue weighted by molar-refractivity contribution is -0.143. The molecule has 0 amide bonds. The topological polar surface area (TPSA) is 50.7 Å². The molecule has 1 aromatic rings. The number of nitrogens with zero attached hydrogens (tertiary/aromatic N) is 1. The summed E-state index contributed by atoms with van der Waals surface area (Å²) in [5.74, 6) is -1.37. The van der Waals surface area contributed by atoms with E-state index in [1.165, 1.54) is 13.2 Å². The lowest BCUT2D eigenvalue weighted by Crippen LogP contribution is -2.44. The smallest absolute Gasteiger partial charge is 0.316 e. The third-order valence-corrected chi connectivity index (χ3v) is 3.92. The van der Waals surface area contributed by atoms with Gasteiger partial charge in [-0.25, -0.2) is 9.38 Å². The minimum atomic E-state index is -0.593. The molecule has 20 heavy (non-hydrogen) atoms. The number of carbonyl (C=O) groups is 1. The van der Waals surface area contributed by atoms with Crippen LogP contribution in [0.25, 0.3) is 0 Å². The van der Waals surface area contributed by atoms with Crippen LogP contribution in [0.15, 0.2) is 27.7 Å². The van der Waals surface area contributed by atoms with Gasteiger partial charge < -0.3 is 10.1 Å². The molecule has 0 saturated carbocycles. The van der Waals surface area contributed by atoms with Crippen molar-refractivity contribution in [1.29, 1.82) is 0 Å². The van der Waals surface area contributed by atoms with E-state index in [1.807, 2.05) is 0 Å². The predicted molar refractivity (Wildman–Crippen MR) is 81.2 cm³/mol. The molecule has 1 N–H and O–H groups in total. The second-order valence-electron chi connectivity index (χ2n) is 4.35. The summed E-state index contributed by atoms with van der Waals surface area (Å²) in [4.78, 5) is 16.0. The van der Waals surface area contributed by atoms with Gasteiger partial charge in [0.05, 0.1) is 17.6 Å². The molecular formula is C13H12BrFN2O2S. The summed E-state index contributed by atoms with van der Waals surface area (Å²) in [7, 11) is 1.32. The number of aliphatic imine (C=N–C) groups is 1. The van der Waals surface area contributed by atoms with E-state index in [2.05, 4.69) is 26.2 Å². The number of rotatable bonds is 2. The van der Waals surface area contributed by atoms with Crippen molar-refractivity contribution in [1.82, 2.24) is 5.32 Å². The molecule has 1 heterocycles. The van der Waals surface area contributed by atoms with E-state index in [9.17, 15) is 9.18 Å². The van der Waals surface area contributed by atoms with E-state index in [0.717, 1.165) is 5.56 Å². The van der Waals surface area contributed by atoms with Crippen LogP contribution in [-0.2, 0) is 9.53 Å². The molecule has 0 spiro atoms. The molecule has 1 aliphatic heterocycles. The Hall–Kier alpha value is -1.34. The van der Waals surface area contributed by atoms with Crippen LogP contribution in [0.5, 0.6) is 0 Å². The Morgan fingerprint density at radius 1 is 1.55 bits per heavy atom. The molecule has 0 saturated heterocycles. The van der Waals surface area contributed by atoms with Crippen molar-refractivity contribution in [3.63, 3.8) is 0 Å². The largest absolute Gasteiger partial charge is 0.468 e. The fourth-order valence-electron chi connectivity index (χ4n) is 2.13. The van der Waals surface area contributed by atoms with E-state index >= 15 is 0 Å². The molecule has 1 aromatic carbocycles. The highest BCUT2D eigenvalue weighted by atomic mass is 79.9. The third-order valence-electron chi connectivity index (χ3n) is 3.10. The third kappa shape index (κ3) is 2.88. The molecule has 2 rings (SSSR count). The van der Waals surface area contributed by atoms with Crippen LogP contribution in [-0.4, -0.2) is 23.9 Å². The zero-order valence-corrected chi connectivity index (χ0v) is 13.2. The first-order valence-electron chi connectivity index (χ1n) is 5.82. The first-order chi connectivity index (χ1) is 9.43. The highest BCUT2D eigenvalue weighted by Gasteiger charge is 2.36. The van der Waals surface area contributed by atoms with Crippen LogP contribution < -0.4 is 5.32 Å². The summed E-state index contributed by atoms with van der Waals surface area (Å²) in [5.41, 5.74) is 1.30. The van der Waals surface area contributed by atoms with Crippen molar-refractivity contribution in [2.24, 2.45) is 10.9 Å². The van der Waals surface area contributed by atoms with Gasteiger partial charge in [0.25, 0.3) is 0 Å². The minimum Gasteiger partial charge on any atom is -0.468 e. The molecule has 0 bridgehead atoms. The number of methoxy groups -OCH3 is 1. The fourth-order valence-corrected chi connectivity index (χ4v) is 2.80. The maximum Gasteiger partial charge on any atom is 0.316 e. The Kier molecular flexibility index (Phi) is 4.49. The highest BCUT2D eigenvalue weighted by Crippen LogP contribution is 2.30. The monoisotopic (exact) mass is 358 g/mol. The standard InChI is InChI=1S/C13H12BrFN2O2S/c1-6-10(12(18)19-2)11(17-13(20)16-6)7-3-4-9(15)8(14)5-7/h3-5,10-11H,1-2H3,(H,17,20). The normalized spacial score (nSPS) is 22.0. The van der Waals surface area contributed by atoms with Gasteiger partial charge in [-0.15, -0.1) is 0 Å². The van der Waals surface area contributed by atoms with E-state index in [0.29, 0.717) is 15.3 Å². The number of nitrogens with one attached hydrogen (secondary N) is 1. The quantitative estimate of drug-likeness (QED) is 0.652. The highest BCUT2D eigenvalue weighted by molar-refractivity contribution is 9.10. The molecule has 0 fully saturated rings. The second-order valence-corrected chi connectivity index (χ2v) is 5.60. The Morgan fingerprint density at radius 3 is 2.85 bits per heavy atom. The van der Waals surface area contributed by atoms with Crippen molar-refractivity contribution >= 4 is 44.9 Å². The van der Waals surface area contributed by atoms with Gasteiger partial charge in [0.1, 0.15) is 11.7 Å². The average molecular weight is 359 g/mol. The molecule has 2 unspecified atom stereocenters. The van der Waals surface area contributed by atoms with E-state index in [1.54, 1.807) is 19.1 Å². The Bertz CT molecular complexity index is 606. The molecule has 4 nitrogen and oxygen atoms in total. The van der Waals surface area contributed by atoms with Crippen LogP contribution in [0.3, 0.4) is 0 Å². The average Bonchev–Trinajstić information content (AvgIpc) is 2.40. The SMILES string of the molecule is COC(=O)C1C(C)=NC(=S)NC1c1ccc(F)c(Br)c1. The maximum absolute atomic E-state index is 13.3. The number of hydrogen-bond donors (Lipinski definition) is 1. The van der Waals surface area contributed by atoms with Crippen LogP contribution in [0.4, 0.5) is 4.39 Å². The van der Waals surface area contributed by atoms with Crippen molar-refractivity contribution < 1.29 is 13.9 Å². The van der Waals surface area contributed by atoms with Gasteiger partial charge in [-0.3, -0.25) is 4.79 Å². The van der Waals surface area contributed by atoms with Crippen LogP contribution in [0.1, 0.15) is 18.5 Å². The molecule has 106 valence electrons. The summed E-state index contributed by atoms with van der Waals surface area (Å²) in [6.07, 6.45) is 0. The number of thiocarbonyl (C=S) groups is 1. The van der Waals surface area contributed by atoms with Crippen molar-refractivity contribution in [3.05, 3.63) is 34.1 Å². The van der Waals surface area contributed by atoms with Gasteiger partial charge in [0, 0.05) is 5.71 Å². The lowest BCUT2D eigenvalue weighted by atomic mass is 9.88. The van der Waals surface area contributed by atoms with Crippen LogP contribution in [0, 0.1) is 11.7 Å². The molecule has 1 aliphatic rings. The van der Waals surface area contributed by atoms with Crippen molar-refractivity contribution in [2.45, 2.75) is 13.0 Å². The number of ether oxygens (including phenoxy) is 1. The first kappa shape index (κ1) is 15.1. The first-order valence-corrected chi connectivity index (χ1v) is 7.02. The molecule has 7 heteroatoms. The zero-order valence-electron chi connectivity index (χ0n) is 10.8. The summed E-state index contributed by atoms with van der Waals surface area (Å²) in [5, 5.41) is 3.27. The predicted octanol–water partition coefficient (Wildman–Crippen LogP) is 2.77. The van der Waals surface area contributed by atoms with Gasteiger partial charge >= 0.3 is 5.97 Å². The summed E-state index contributed by atoms with van der Waals surface area (Å²) < 4.78 is 18.5. The van der Waals surface area contributed by atoms with E-state index < -0.39 is 17.9 Å². The fraction of sp³-hybridized carbons (Fsp3) is 0.308.